The van der Waals surface area contributed by atoms with Crippen LogP contribution in [0.5, 0.6) is 0 Å². The van der Waals surface area contributed by atoms with Gasteiger partial charge in [-0.3, -0.25) is 25.0 Å². The summed E-state index contributed by atoms with van der Waals surface area (Å²) in [4.78, 5) is 39.8. The summed E-state index contributed by atoms with van der Waals surface area (Å²) in [6.07, 6.45) is 1.33. The Morgan fingerprint density at radius 1 is 1.17 bits per heavy atom. The first kappa shape index (κ1) is 14.6. The summed E-state index contributed by atoms with van der Waals surface area (Å²) in [6, 6.07) is 10.6. The van der Waals surface area contributed by atoms with Crippen LogP contribution in [-0.2, 0) is 9.59 Å². The molecule has 8 nitrogen and oxygen atoms in total. The molecule has 0 spiro atoms. The van der Waals surface area contributed by atoms with Crippen molar-refractivity contribution < 1.29 is 14.5 Å². The smallest absolute Gasteiger partial charge is 0.308 e. The number of nitrogens with zero attached hydrogens (tertiary/aromatic N) is 3. The van der Waals surface area contributed by atoms with E-state index in [0.717, 1.165) is 0 Å². The number of benzene rings is 1. The van der Waals surface area contributed by atoms with E-state index in [1.165, 1.54) is 23.2 Å². The molecule has 1 aromatic heterocycles. The first-order valence-corrected chi connectivity index (χ1v) is 6.85. The maximum absolute atomic E-state index is 12.1. The van der Waals surface area contributed by atoms with E-state index in [1.54, 1.807) is 30.3 Å². The van der Waals surface area contributed by atoms with Gasteiger partial charge in [0.05, 0.1) is 11.3 Å². The molecule has 2 amide bonds. The van der Waals surface area contributed by atoms with E-state index in [2.05, 4.69) is 10.3 Å². The molecule has 1 fully saturated rings. The zero-order valence-corrected chi connectivity index (χ0v) is 11.9. The van der Waals surface area contributed by atoms with E-state index in [1.807, 2.05) is 0 Å². The van der Waals surface area contributed by atoms with Crippen molar-refractivity contribution in [1.29, 1.82) is 0 Å². The molecular formula is C15H12N4O4. The highest BCUT2D eigenvalue weighted by molar-refractivity contribution is 6.08. The Bertz CT molecular complexity index is 778. The minimum atomic E-state index is -0.876. The molecule has 3 rings (SSSR count). The molecule has 23 heavy (non-hydrogen) atoms. The van der Waals surface area contributed by atoms with Crippen LogP contribution in [0.1, 0.15) is 6.42 Å². The number of nitrogens with one attached hydrogen (secondary N) is 1. The second-order valence-electron chi connectivity index (χ2n) is 4.94. The highest BCUT2D eigenvalue weighted by Crippen LogP contribution is 2.34. The molecule has 0 radical (unpaired) electrons. The van der Waals surface area contributed by atoms with Gasteiger partial charge in [-0.2, -0.15) is 0 Å². The summed E-state index contributed by atoms with van der Waals surface area (Å²) >= 11 is 0. The normalized spacial score (nSPS) is 17.0. The summed E-state index contributed by atoms with van der Waals surface area (Å²) < 4.78 is 0. The lowest BCUT2D eigenvalue weighted by molar-refractivity contribution is -0.384. The standard InChI is InChI=1S/C15H12N4O4/c20-13-9-12(15(21)17-13)18(10-5-2-1-3-6-10)14-11(19(22)23)7-4-8-16-14/h1-8,12H,9H2,(H,17,20,21). The lowest BCUT2D eigenvalue weighted by Crippen LogP contribution is -2.38. The summed E-state index contributed by atoms with van der Waals surface area (Å²) in [7, 11) is 0. The predicted molar refractivity (Wildman–Crippen MR) is 81.0 cm³/mol. The average molecular weight is 312 g/mol. The van der Waals surface area contributed by atoms with Crippen molar-refractivity contribution in [3.05, 3.63) is 58.8 Å². The third-order valence-corrected chi connectivity index (χ3v) is 3.48. The van der Waals surface area contributed by atoms with Crippen LogP contribution in [0, 0.1) is 10.1 Å². The van der Waals surface area contributed by atoms with Gasteiger partial charge in [-0.05, 0) is 18.2 Å². The first-order valence-electron chi connectivity index (χ1n) is 6.85. The number of carbonyl (C=O) groups is 2. The van der Waals surface area contributed by atoms with Crippen LogP contribution in [0.15, 0.2) is 48.7 Å². The van der Waals surface area contributed by atoms with E-state index < -0.39 is 22.8 Å². The van der Waals surface area contributed by atoms with Gasteiger partial charge in [0.2, 0.25) is 17.6 Å². The van der Waals surface area contributed by atoms with Crippen molar-refractivity contribution in [3.8, 4) is 0 Å². The second kappa shape index (κ2) is 5.84. The third-order valence-electron chi connectivity index (χ3n) is 3.48. The van der Waals surface area contributed by atoms with Crippen LogP contribution in [0.4, 0.5) is 17.2 Å². The lowest BCUT2D eigenvalue weighted by Gasteiger charge is -2.27. The number of para-hydroxylation sites is 1. The largest absolute Gasteiger partial charge is 0.311 e. The number of nitro groups is 1. The summed E-state index contributed by atoms with van der Waals surface area (Å²) in [6.45, 7) is 0. The predicted octanol–water partition coefficient (Wildman–Crippen LogP) is 1.54. The minimum Gasteiger partial charge on any atom is -0.308 e. The molecule has 1 atom stereocenters. The van der Waals surface area contributed by atoms with E-state index in [4.69, 9.17) is 0 Å². The van der Waals surface area contributed by atoms with Crippen molar-refractivity contribution in [2.24, 2.45) is 0 Å². The van der Waals surface area contributed by atoms with Crippen molar-refractivity contribution in [3.63, 3.8) is 0 Å². The Kier molecular flexibility index (Phi) is 3.71. The number of anilines is 2. The van der Waals surface area contributed by atoms with Crippen LogP contribution in [0.25, 0.3) is 0 Å². The number of pyridine rings is 1. The average Bonchev–Trinajstić information content (AvgIpc) is 2.87. The molecule has 1 aliphatic heterocycles. The van der Waals surface area contributed by atoms with E-state index in [-0.39, 0.29) is 17.9 Å². The van der Waals surface area contributed by atoms with Crippen LogP contribution in [-0.4, -0.2) is 27.8 Å². The van der Waals surface area contributed by atoms with Crippen molar-refractivity contribution >= 4 is 29.0 Å². The molecule has 2 aromatic rings. The number of hydrogen-bond donors (Lipinski definition) is 1. The van der Waals surface area contributed by atoms with Crippen LogP contribution in [0.2, 0.25) is 0 Å². The molecule has 0 saturated carbocycles. The van der Waals surface area contributed by atoms with Gasteiger partial charge in [0.25, 0.3) is 0 Å². The number of carbonyl (C=O) groups excluding carboxylic acids is 2. The zero-order valence-electron chi connectivity index (χ0n) is 11.9. The molecule has 2 heterocycles. The quantitative estimate of drug-likeness (QED) is 0.521. The summed E-state index contributed by atoms with van der Waals surface area (Å²) in [5.41, 5.74) is 0.313. The number of amides is 2. The lowest BCUT2D eigenvalue weighted by atomic mass is 10.1. The molecule has 1 saturated heterocycles. The maximum Gasteiger partial charge on any atom is 0.311 e. The van der Waals surface area contributed by atoms with Gasteiger partial charge in [-0.25, -0.2) is 4.98 Å². The van der Waals surface area contributed by atoms with Gasteiger partial charge >= 0.3 is 5.69 Å². The monoisotopic (exact) mass is 312 g/mol. The van der Waals surface area contributed by atoms with Crippen LogP contribution in [0.3, 0.4) is 0 Å². The SMILES string of the molecule is O=C1CC(N(c2ccccc2)c2ncccc2[N+](=O)[O-])C(=O)N1. The van der Waals surface area contributed by atoms with E-state index >= 15 is 0 Å². The fourth-order valence-corrected chi connectivity index (χ4v) is 2.50. The van der Waals surface area contributed by atoms with Gasteiger partial charge < -0.3 is 4.90 Å². The Labute approximate surface area is 130 Å². The third kappa shape index (κ3) is 2.73. The highest BCUT2D eigenvalue weighted by Gasteiger charge is 2.39. The van der Waals surface area contributed by atoms with Gasteiger partial charge in [-0.1, -0.05) is 18.2 Å². The molecule has 1 aliphatic rings. The molecule has 1 N–H and O–H groups in total. The summed E-state index contributed by atoms with van der Waals surface area (Å²) in [5.74, 6) is -0.892. The van der Waals surface area contributed by atoms with Gasteiger partial charge in [0.1, 0.15) is 6.04 Å². The number of imide groups is 1. The molecule has 0 aliphatic carbocycles. The van der Waals surface area contributed by atoms with Crippen molar-refractivity contribution in [2.45, 2.75) is 12.5 Å². The maximum atomic E-state index is 12.1. The fourth-order valence-electron chi connectivity index (χ4n) is 2.50. The van der Waals surface area contributed by atoms with E-state index in [9.17, 15) is 19.7 Å². The number of hydrogen-bond acceptors (Lipinski definition) is 6. The molecule has 1 unspecified atom stereocenters. The summed E-state index contributed by atoms with van der Waals surface area (Å²) in [5, 5.41) is 13.5. The van der Waals surface area contributed by atoms with Crippen molar-refractivity contribution in [2.75, 3.05) is 4.90 Å². The van der Waals surface area contributed by atoms with Gasteiger partial charge in [-0.15, -0.1) is 0 Å². The molecule has 8 heteroatoms. The molecular weight excluding hydrogens is 300 g/mol. The topological polar surface area (TPSA) is 105 Å². The fraction of sp³-hybridized carbons (Fsp3) is 0.133. The Hall–Kier alpha value is -3.29. The zero-order chi connectivity index (χ0) is 16.4. The van der Waals surface area contributed by atoms with Crippen molar-refractivity contribution in [1.82, 2.24) is 10.3 Å². The van der Waals surface area contributed by atoms with Crippen LogP contribution < -0.4 is 10.2 Å². The molecule has 0 bridgehead atoms. The second-order valence-corrected chi connectivity index (χ2v) is 4.94. The first-order chi connectivity index (χ1) is 11.1. The molecule has 116 valence electrons. The highest BCUT2D eigenvalue weighted by atomic mass is 16.6. The van der Waals surface area contributed by atoms with Gasteiger partial charge in [0.15, 0.2) is 0 Å². The van der Waals surface area contributed by atoms with E-state index in [0.29, 0.717) is 5.69 Å². The van der Waals surface area contributed by atoms with Crippen LogP contribution >= 0.6 is 0 Å². The molecule has 1 aromatic carbocycles. The number of aromatic nitrogens is 1. The Morgan fingerprint density at radius 2 is 1.91 bits per heavy atom. The Morgan fingerprint density at radius 3 is 2.52 bits per heavy atom. The minimum absolute atomic E-state index is 0.0264. The number of rotatable bonds is 4. The van der Waals surface area contributed by atoms with Gasteiger partial charge in [0, 0.05) is 18.0 Å². The Balaban J connectivity index is 2.15.